The molecule has 0 fully saturated rings. The number of halogens is 2. The molecule has 0 aliphatic carbocycles. The van der Waals surface area contributed by atoms with Crippen LogP contribution in [0.5, 0.6) is 0 Å². The molecule has 19 heavy (non-hydrogen) atoms. The Morgan fingerprint density at radius 2 is 2.00 bits per heavy atom. The third kappa shape index (κ3) is 5.06. The van der Waals surface area contributed by atoms with Crippen LogP contribution >= 0.6 is 12.4 Å². The van der Waals surface area contributed by atoms with E-state index in [-0.39, 0.29) is 29.9 Å². The zero-order valence-electron chi connectivity index (χ0n) is 11.2. The van der Waals surface area contributed by atoms with Crippen LogP contribution < -0.4 is 10.0 Å². The molecule has 1 aromatic rings. The van der Waals surface area contributed by atoms with Gasteiger partial charge in [0.05, 0.1) is 0 Å². The molecule has 0 amide bonds. The van der Waals surface area contributed by atoms with Crippen molar-refractivity contribution in [1.29, 1.82) is 0 Å². The number of nitrogens with one attached hydrogen (secondary N) is 2. The molecule has 110 valence electrons. The van der Waals surface area contributed by atoms with Crippen molar-refractivity contribution in [2.75, 3.05) is 13.1 Å². The summed E-state index contributed by atoms with van der Waals surface area (Å²) in [6, 6.07) is 4.33. The maximum absolute atomic E-state index is 13.7. The molecule has 4 nitrogen and oxygen atoms in total. The van der Waals surface area contributed by atoms with Crippen LogP contribution in [0.3, 0.4) is 0 Å². The Morgan fingerprint density at radius 3 is 2.58 bits per heavy atom. The van der Waals surface area contributed by atoms with Gasteiger partial charge in [-0.2, -0.15) is 0 Å². The molecule has 7 heteroatoms. The van der Waals surface area contributed by atoms with E-state index in [1.54, 1.807) is 0 Å². The summed E-state index contributed by atoms with van der Waals surface area (Å²) >= 11 is 0. The summed E-state index contributed by atoms with van der Waals surface area (Å²) in [6.45, 7) is 6.31. The van der Waals surface area contributed by atoms with Gasteiger partial charge in [-0.15, -0.1) is 12.4 Å². The van der Waals surface area contributed by atoms with Gasteiger partial charge < -0.3 is 5.32 Å². The van der Waals surface area contributed by atoms with Crippen molar-refractivity contribution >= 4 is 22.4 Å². The van der Waals surface area contributed by atoms with E-state index >= 15 is 0 Å². The van der Waals surface area contributed by atoms with Crippen LogP contribution in [0, 0.1) is 12.7 Å². The van der Waals surface area contributed by atoms with Crippen molar-refractivity contribution < 1.29 is 12.8 Å². The lowest BCUT2D eigenvalue weighted by molar-refractivity contribution is 0.527. The van der Waals surface area contributed by atoms with Gasteiger partial charge in [-0.25, -0.2) is 17.5 Å². The lowest BCUT2D eigenvalue weighted by Crippen LogP contribution is -2.39. The Labute approximate surface area is 120 Å². The van der Waals surface area contributed by atoms with E-state index in [1.165, 1.54) is 25.1 Å². The maximum Gasteiger partial charge on any atom is 0.243 e. The summed E-state index contributed by atoms with van der Waals surface area (Å²) in [5.41, 5.74) is 0.317. The van der Waals surface area contributed by atoms with Gasteiger partial charge in [0.1, 0.15) is 10.7 Å². The van der Waals surface area contributed by atoms with Crippen LogP contribution in [-0.4, -0.2) is 27.5 Å². The van der Waals surface area contributed by atoms with Crippen LogP contribution in [0.4, 0.5) is 4.39 Å². The molecule has 1 aromatic carbocycles. The summed E-state index contributed by atoms with van der Waals surface area (Å²) < 4.78 is 40.0. The predicted octanol–water partition coefficient (Wildman–Crippen LogP) is 1.83. The first-order valence-electron chi connectivity index (χ1n) is 5.86. The monoisotopic (exact) mass is 310 g/mol. The Kier molecular flexibility index (Phi) is 7.51. The lowest BCUT2D eigenvalue weighted by atomic mass is 10.2. The van der Waals surface area contributed by atoms with Gasteiger partial charge in [0.2, 0.25) is 10.0 Å². The highest BCUT2D eigenvalue weighted by Crippen LogP contribution is 2.16. The van der Waals surface area contributed by atoms with Crippen LogP contribution in [0.25, 0.3) is 0 Å². The standard InChI is InChI=1S/C12H19FN2O2S.ClH/c1-4-14-10(3)8-15-18(16,17)11-7-5-6-9(2)12(11)13;/h5-7,10,14-15H,4,8H2,1-3H3;1H/t10-;/m1./s1. The van der Waals surface area contributed by atoms with Crippen LogP contribution in [-0.2, 0) is 10.0 Å². The first-order chi connectivity index (χ1) is 8.38. The van der Waals surface area contributed by atoms with Gasteiger partial charge in [-0.1, -0.05) is 19.1 Å². The van der Waals surface area contributed by atoms with E-state index in [9.17, 15) is 12.8 Å². The number of hydrogen-bond acceptors (Lipinski definition) is 3. The minimum atomic E-state index is -3.79. The lowest BCUT2D eigenvalue weighted by Gasteiger charge is -2.14. The predicted molar refractivity (Wildman–Crippen MR) is 76.7 cm³/mol. The molecule has 1 rings (SSSR count). The van der Waals surface area contributed by atoms with Gasteiger partial charge >= 0.3 is 0 Å². The normalized spacial score (nSPS) is 12.8. The molecule has 1 atom stereocenters. The van der Waals surface area contributed by atoms with E-state index in [2.05, 4.69) is 10.0 Å². The SMILES string of the molecule is CCN[C@H](C)CNS(=O)(=O)c1cccc(C)c1F.Cl. The second-order valence-corrected chi connectivity index (χ2v) is 5.93. The van der Waals surface area contributed by atoms with Gasteiger partial charge in [0.15, 0.2) is 0 Å². The maximum atomic E-state index is 13.7. The molecular formula is C12H20ClFN2O2S. The summed E-state index contributed by atoms with van der Waals surface area (Å²) in [5, 5.41) is 3.07. The zero-order valence-corrected chi connectivity index (χ0v) is 12.9. The molecule has 0 bridgehead atoms. The summed E-state index contributed by atoms with van der Waals surface area (Å²) in [7, 11) is -3.79. The highest BCUT2D eigenvalue weighted by molar-refractivity contribution is 7.89. The van der Waals surface area contributed by atoms with Crippen molar-refractivity contribution in [1.82, 2.24) is 10.0 Å². The fraction of sp³-hybridized carbons (Fsp3) is 0.500. The third-order valence-corrected chi connectivity index (χ3v) is 4.02. The van der Waals surface area contributed by atoms with Gasteiger partial charge in [-0.05, 0) is 32.0 Å². The quantitative estimate of drug-likeness (QED) is 0.843. The highest BCUT2D eigenvalue weighted by Gasteiger charge is 2.20. The summed E-state index contributed by atoms with van der Waals surface area (Å²) in [6.07, 6.45) is 0. The Balaban J connectivity index is 0.00000324. The van der Waals surface area contributed by atoms with Crippen molar-refractivity contribution in [2.45, 2.75) is 31.7 Å². The fourth-order valence-corrected chi connectivity index (χ4v) is 2.84. The molecule has 0 aliphatic heterocycles. The van der Waals surface area contributed by atoms with Crippen molar-refractivity contribution in [3.63, 3.8) is 0 Å². The molecule has 0 saturated carbocycles. The second-order valence-electron chi connectivity index (χ2n) is 4.20. The number of hydrogen-bond donors (Lipinski definition) is 2. The minimum absolute atomic E-state index is 0. The molecule has 0 unspecified atom stereocenters. The van der Waals surface area contributed by atoms with Crippen molar-refractivity contribution in [2.24, 2.45) is 0 Å². The molecule has 0 spiro atoms. The number of benzene rings is 1. The van der Waals surface area contributed by atoms with Crippen molar-refractivity contribution in [3.8, 4) is 0 Å². The first-order valence-corrected chi connectivity index (χ1v) is 7.35. The molecular weight excluding hydrogens is 291 g/mol. The van der Waals surface area contributed by atoms with Gasteiger partial charge in [-0.3, -0.25) is 0 Å². The van der Waals surface area contributed by atoms with Gasteiger partial charge in [0.25, 0.3) is 0 Å². The van der Waals surface area contributed by atoms with E-state index in [0.29, 0.717) is 5.56 Å². The average Bonchev–Trinajstić information content (AvgIpc) is 2.30. The number of rotatable bonds is 6. The smallest absolute Gasteiger partial charge is 0.243 e. The second kappa shape index (κ2) is 7.79. The van der Waals surface area contributed by atoms with E-state index in [4.69, 9.17) is 0 Å². The highest BCUT2D eigenvalue weighted by atomic mass is 35.5. The number of sulfonamides is 1. The van der Waals surface area contributed by atoms with Crippen molar-refractivity contribution in [3.05, 3.63) is 29.6 Å². The van der Waals surface area contributed by atoms with Crippen LogP contribution in [0.2, 0.25) is 0 Å². The molecule has 0 radical (unpaired) electrons. The number of aryl methyl sites for hydroxylation is 1. The first kappa shape index (κ1) is 18.3. The largest absolute Gasteiger partial charge is 0.313 e. The minimum Gasteiger partial charge on any atom is -0.313 e. The molecule has 0 saturated heterocycles. The molecule has 0 aliphatic rings. The third-order valence-electron chi connectivity index (χ3n) is 2.58. The van der Waals surface area contributed by atoms with Gasteiger partial charge in [0, 0.05) is 12.6 Å². The Bertz CT molecular complexity index is 508. The van der Waals surface area contributed by atoms with E-state index < -0.39 is 15.8 Å². The van der Waals surface area contributed by atoms with E-state index in [0.717, 1.165) is 6.54 Å². The fourth-order valence-electron chi connectivity index (χ4n) is 1.56. The average molecular weight is 311 g/mol. The van der Waals surface area contributed by atoms with Crippen LogP contribution in [0.15, 0.2) is 23.1 Å². The molecule has 2 N–H and O–H groups in total. The zero-order chi connectivity index (χ0) is 13.8. The molecule has 0 heterocycles. The summed E-state index contributed by atoms with van der Waals surface area (Å²) in [4.78, 5) is -0.300. The van der Waals surface area contributed by atoms with E-state index in [1.807, 2.05) is 13.8 Å². The Morgan fingerprint density at radius 1 is 1.37 bits per heavy atom. The summed E-state index contributed by atoms with van der Waals surface area (Å²) in [5.74, 6) is -0.693. The topological polar surface area (TPSA) is 58.2 Å². The molecule has 0 aromatic heterocycles. The van der Waals surface area contributed by atoms with Crippen LogP contribution in [0.1, 0.15) is 19.4 Å². The Hall–Kier alpha value is -0.690. The number of likely N-dealkylation sites (N-methyl/N-ethyl adjacent to an activating group) is 1.